The lowest BCUT2D eigenvalue weighted by atomic mass is 9.54. The molecule has 20 heteroatoms. The maximum atomic E-state index is 6.26. The zero-order valence-electron chi connectivity index (χ0n) is 70.6. The van der Waals surface area contributed by atoms with Crippen LogP contribution in [0.15, 0.2) is 272 Å². The summed E-state index contributed by atoms with van der Waals surface area (Å²) in [5, 5.41) is 4.34. The van der Waals surface area contributed by atoms with Gasteiger partial charge in [-0.05, 0) is 225 Å². The van der Waals surface area contributed by atoms with Gasteiger partial charge >= 0.3 is 27.4 Å². The van der Waals surface area contributed by atoms with Crippen LogP contribution in [0.4, 0.5) is 23.3 Å². The van der Waals surface area contributed by atoms with Gasteiger partial charge in [0.2, 0.25) is 22.9 Å². The van der Waals surface area contributed by atoms with Gasteiger partial charge in [0.15, 0.2) is 0 Å². The largest absolute Gasteiger partial charge is 0.447 e. The van der Waals surface area contributed by atoms with Crippen LogP contribution >= 0.6 is 0 Å². The molecule has 4 aliphatic rings. The number of hydrogen-bond donors (Lipinski definition) is 0. The molecule has 0 saturated heterocycles. The van der Waals surface area contributed by atoms with Crippen molar-refractivity contribution in [3.8, 4) is 44.5 Å². The van der Waals surface area contributed by atoms with E-state index in [1.807, 2.05) is 58.0 Å². The second kappa shape index (κ2) is 31.4. The maximum Gasteiger partial charge on any atom is 0.447 e. The van der Waals surface area contributed by atoms with Gasteiger partial charge in [-0.1, -0.05) is 121 Å². The number of nitrogens with zero attached hydrogens (tertiary/aromatic N) is 12. The fraction of sp³-hybridized carbons (Fsp3) is 0.184. The number of fused-ring (bicyclic) bond motifs is 12. The maximum absolute atomic E-state index is 6.26. The zero-order valence-corrected chi connectivity index (χ0v) is 70.6. The lowest BCUT2D eigenvalue weighted by Crippen LogP contribution is -2.52. The monoisotopic (exact) mass is 1550 g/mol. The van der Waals surface area contributed by atoms with Crippen LogP contribution in [0.25, 0.3) is 113 Å². The molecular weight excluding hydrogens is 1450 g/mol. The first-order chi connectivity index (χ1) is 56.9. The molecular formula is C98H96B4N12O4+4. The Balaban J connectivity index is 0.000000113. The predicted octanol–water partition coefficient (Wildman–Crippen LogP) is 18.0. The summed E-state index contributed by atoms with van der Waals surface area (Å²) < 4.78 is 33.6. The molecule has 0 saturated carbocycles. The van der Waals surface area contributed by atoms with Gasteiger partial charge in [-0.2, -0.15) is 0 Å². The summed E-state index contributed by atoms with van der Waals surface area (Å²) in [6.07, 6.45) is 17.5. The van der Waals surface area contributed by atoms with E-state index in [-0.39, 0.29) is 27.4 Å². The Morgan fingerprint density at radius 1 is 0.288 bits per heavy atom. The normalized spacial score (nSPS) is 13.6. The first-order valence-corrected chi connectivity index (χ1v) is 40.6. The number of benzene rings is 4. The molecule has 16 heterocycles. The van der Waals surface area contributed by atoms with E-state index in [0.717, 1.165) is 136 Å². The third-order valence-electron chi connectivity index (χ3n) is 23.6. The van der Waals surface area contributed by atoms with Crippen molar-refractivity contribution in [2.24, 2.45) is 28.2 Å². The van der Waals surface area contributed by atoms with Crippen LogP contribution in [0.2, 0.25) is 27.3 Å². The SMILES string of the molecule is CB1c2c(oc3nc(C)ccc23)C=C(C)N1c1cc(-c2ccccc2)cc[n+]1C.CB1c2oc3nc(C)ccc3c2C=C(C)N1c1cc(-c2ccccc2)c(C)c[n+]1C.CB1c2oc3nc(C)ccc3c2C=C(C)N1c1cc(-c2ccccc2)cc[n+]1C.CB1c2oc3nc(C)ccc3c2C=C(C)N1c1cc(C)c(-c2ccccc2)c[n+]1C. The molecule has 0 spiro atoms. The highest BCUT2D eigenvalue weighted by molar-refractivity contribution is 6.80. The Morgan fingerprint density at radius 3 is 1.03 bits per heavy atom. The summed E-state index contributed by atoms with van der Waals surface area (Å²) in [6.45, 7) is 30.1. The molecule has 20 rings (SSSR count). The Kier molecular flexibility index (Phi) is 20.5. The number of anilines is 4. The number of aryl methyl sites for hydroxylation is 10. The van der Waals surface area contributed by atoms with E-state index >= 15 is 0 Å². The van der Waals surface area contributed by atoms with Crippen LogP contribution in [0.1, 0.15) is 84.0 Å². The van der Waals surface area contributed by atoms with E-state index in [9.17, 15) is 0 Å². The van der Waals surface area contributed by atoms with E-state index < -0.39 is 0 Å². The Bertz CT molecular complexity index is 6740. The molecule has 0 aliphatic carbocycles. The molecule has 0 atom stereocenters. The standard InChI is InChI=1S/2C25H25BN3O.2C24H23BN3O/c1-16-15-28(5)23(14-21(16)19-9-7-6-8-10-19)29-18(3)13-22-20-12-11-17(2)27-25(20)30-24(22)26(29)4;1-16-13-23(28(5)15-22(16)19-9-7-6-8-10-19)29-18(3)14-21-20-12-11-17(2)27-25(20)30-24(21)26(29)4;1-16-10-11-20-23-21(29-24(20)26-16)14-17(2)28(25(23)3)22-15-19(12-13-27(22)4)18-8-6-5-7-9-18;1-16-10-11-20-21-14-17(2)28(25(3)23(21)29-24(20)26-16)22-15-19(12-13-27(22)4)18-8-6-5-7-9-18/h2*6-15H,1-5H3;2*5-15H,1-4H3/q4*+1. The van der Waals surface area contributed by atoms with Crippen molar-refractivity contribution in [2.45, 2.75) is 96.5 Å². The molecule has 12 aromatic heterocycles. The average Bonchev–Trinajstić information content (AvgIpc) is 1.58. The number of furan rings is 4. The van der Waals surface area contributed by atoms with Crippen LogP contribution in [-0.2, 0) is 28.2 Å². The summed E-state index contributed by atoms with van der Waals surface area (Å²) >= 11 is 0. The minimum atomic E-state index is 0.0667. The van der Waals surface area contributed by atoms with Crippen LogP contribution in [0, 0.1) is 41.5 Å². The van der Waals surface area contributed by atoms with Gasteiger partial charge in [0.25, 0.3) is 23.3 Å². The highest BCUT2D eigenvalue weighted by Gasteiger charge is 2.46. The van der Waals surface area contributed by atoms with Gasteiger partial charge in [0, 0.05) is 102 Å². The molecule has 4 aliphatic heterocycles. The molecule has 16 aromatic rings. The zero-order chi connectivity index (χ0) is 82.2. The molecule has 0 fully saturated rings. The van der Waals surface area contributed by atoms with E-state index in [0.29, 0.717) is 0 Å². The van der Waals surface area contributed by atoms with Gasteiger partial charge in [-0.3, -0.25) is 19.2 Å². The third kappa shape index (κ3) is 14.3. The van der Waals surface area contributed by atoms with Gasteiger partial charge in [-0.15, -0.1) is 0 Å². The van der Waals surface area contributed by atoms with Crippen molar-refractivity contribution in [1.82, 2.24) is 19.9 Å². The number of allylic oxidation sites excluding steroid dienone is 4. The minimum absolute atomic E-state index is 0.0667. The van der Waals surface area contributed by atoms with Crippen LogP contribution in [0.3, 0.4) is 0 Å². The van der Waals surface area contributed by atoms with E-state index in [4.69, 9.17) is 17.7 Å². The predicted molar refractivity (Wildman–Crippen MR) is 486 cm³/mol. The van der Waals surface area contributed by atoms with Crippen LogP contribution < -0.4 is 60.0 Å². The van der Waals surface area contributed by atoms with Crippen molar-refractivity contribution >= 4 is 142 Å². The minimum Gasteiger partial charge on any atom is -0.447 e. The van der Waals surface area contributed by atoms with Gasteiger partial charge in [0.1, 0.15) is 22.7 Å². The fourth-order valence-corrected chi connectivity index (χ4v) is 17.7. The molecule has 0 bridgehead atoms. The first-order valence-electron chi connectivity index (χ1n) is 40.6. The lowest BCUT2D eigenvalue weighted by Gasteiger charge is -2.26. The lowest BCUT2D eigenvalue weighted by molar-refractivity contribution is -0.658. The molecule has 580 valence electrons. The Morgan fingerprint density at radius 2 is 0.619 bits per heavy atom. The van der Waals surface area contributed by atoms with Gasteiger partial charge in [-0.25, -0.2) is 38.2 Å². The summed E-state index contributed by atoms with van der Waals surface area (Å²) in [7, 11) is 8.40. The topological polar surface area (TPSA) is 133 Å². The van der Waals surface area contributed by atoms with Crippen molar-refractivity contribution in [1.29, 1.82) is 0 Å². The number of hydrogen-bond acceptors (Lipinski definition) is 12. The fourth-order valence-electron chi connectivity index (χ4n) is 17.7. The van der Waals surface area contributed by atoms with Crippen LogP contribution in [0.5, 0.6) is 0 Å². The van der Waals surface area contributed by atoms with Gasteiger partial charge in [0.05, 0.1) is 75.8 Å². The highest BCUT2D eigenvalue weighted by Crippen LogP contribution is 2.38. The summed E-state index contributed by atoms with van der Waals surface area (Å²) in [5.41, 5.74) is 31.3. The second-order valence-electron chi connectivity index (χ2n) is 32.0. The molecule has 4 aromatic carbocycles. The number of rotatable bonds is 8. The van der Waals surface area contributed by atoms with Crippen molar-refractivity contribution in [2.75, 3.05) is 19.2 Å². The number of aromatic nitrogens is 8. The van der Waals surface area contributed by atoms with Crippen LogP contribution in [-0.4, -0.2) is 47.3 Å². The smallest absolute Gasteiger partial charge is 0.447 e. The summed E-state index contributed by atoms with van der Waals surface area (Å²) in [6, 6.07) is 72.2. The summed E-state index contributed by atoms with van der Waals surface area (Å²) in [4.78, 5) is 27.8. The quantitative estimate of drug-likeness (QED) is 0.106. The second-order valence-corrected chi connectivity index (χ2v) is 32.0. The molecule has 16 nitrogen and oxygen atoms in total. The molecule has 0 unspecified atom stereocenters. The van der Waals surface area contributed by atoms with E-state index in [1.165, 1.54) is 78.2 Å². The highest BCUT2D eigenvalue weighted by atomic mass is 16.4. The van der Waals surface area contributed by atoms with E-state index in [2.05, 4.69) is 379 Å². The van der Waals surface area contributed by atoms with Crippen molar-refractivity contribution < 1.29 is 35.9 Å². The molecule has 0 radical (unpaired) electrons. The molecule has 0 N–H and O–H groups in total. The Hall–Kier alpha value is -13.3. The van der Waals surface area contributed by atoms with Gasteiger partial charge < -0.3 is 17.7 Å². The average molecular weight is 1550 g/mol. The van der Waals surface area contributed by atoms with Crippen molar-refractivity contribution in [3.05, 3.63) is 310 Å². The van der Waals surface area contributed by atoms with Crippen molar-refractivity contribution in [3.63, 3.8) is 0 Å². The number of pyridine rings is 8. The summed E-state index contributed by atoms with van der Waals surface area (Å²) in [5.74, 6) is 5.47. The third-order valence-corrected chi connectivity index (χ3v) is 23.6. The first kappa shape index (κ1) is 77.2. The Labute approximate surface area is 692 Å². The van der Waals surface area contributed by atoms with E-state index in [1.54, 1.807) is 0 Å². The molecule has 118 heavy (non-hydrogen) atoms. The molecule has 0 amide bonds.